The van der Waals surface area contributed by atoms with Crippen LogP contribution in [0, 0.1) is 0 Å². The van der Waals surface area contributed by atoms with Crippen LogP contribution in [0.1, 0.15) is 171 Å². The molecule has 0 aliphatic carbocycles. The summed E-state index contributed by atoms with van der Waals surface area (Å²) < 4.78 is 13.0. The van der Waals surface area contributed by atoms with Crippen LogP contribution in [0.2, 0.25) is 0 Å². The van der Waals surface area contributed by atoms with E-state index in [4.69, 9.17) is 4.42 Å². The van der Waals surface area contributed by atoms with Crippen molar-refractivity contribution in [3.8, 4) is 0 Å². The summed E-state index contributed by atoms with van der Waals surface area (Å²) in [5.41, 5.74) is 8.63. The molecule has 0 N–H and O–H groups in total. The molecule has 8 aromatic carbocycles. The molecule has 430 valence electrons. The summed E-state index contributed by atoms with van der Waals surface area (Å²) >= 11 is 1.86. The van der Waals surface area contributed by atoms with Crippen LogP contribution >= 0.6 is 11.3 Å². The predicted molar refractivity (Wildman–Crippen MR) is 371 cm³/mol. The third-order valence-electron chi connectivity index (χ3n) is 11.0. The minimum absolute atomic E-state index is 0.962. The molecular formula is C75H108N2OS. The zero-order valence-electron chi connectivity index (χ0n) is 53.9. The first-order chi connectivity index (χ1) is 39.0. The summed E-state index contributed by atoms with van der Waals surface area (Å²) in [7, 11) is 2.14. The zero-order chi connectivity index (χ0) is 60.1. The summed E-state index contributed by atoms with van der Waals surface area (Å²) in [4.78, 5) is 0. The molecule has 3 nitrogen and oxygen atoms in total. The Morgan fingerprint density at radius 3 is 0.975 bits per heavy atom. The number of hydrogen-bond donors (Lipinski definition) is 0. The van der Waals surface area contributed by atoms with Gasteiger partial charge in [0.15, 0.2) is 0 Å². The van der Waals surface area contributed by atoms with Gasteiger partial charge in [-0.2, -0.15) is 0 Å². The third-order valence-corrected chi connectivity index (χ3v) is 12.1. The van der Waals surface area contributed by atoms with Crippen molar-refractivity contribution in [2.75, 3.05) is 0 Å². The van der Waals surface area contributed by atoms with E-state index >= 15 is 0 Å². The Hall–Kier alpha value is -6.62. The lowest BCUT2D eigenvalue weighted by Gasteiger charge is -2.01. The van der Waals surface area contributed by atoms with Crippen LogP contribution in [0.25, 0.3) is 85.7 Å². The van der Waals surface area contributed by atoms with Gasteiger partial charge in [0.1, 0.15) is 11.2 Å². The molecule has 4 aromatic heterocycles. The molecule has 0 unspecified atom stereocenters. The summed E-state index contributed by atoms with van der Waals surface area (Å²) in [6.45, 7) is 45.9. The van der Waals surface area contributed by atoms with E-state index in [1.54, 1.807) is 0 Å². The summed E-state index contributed by atoms with van der Waals surface area (Å²) in [6.07, 6.45) is 3.60. The van der Waals surface area contributed by atoms with Gasteiger partial charge >= 0.3 is 0 Å². The van der Waals surface area contributed by atoms with Crippen molar-refractivity contribution in [2.45, 2.75) is 178 Å². The lowest BCUT2D eigenvalue weighted by Crippen LogP contribution is -1.91. The molecule has 0 atom stereocenters. The summed E-state index contributed by atoms with van der Waals surface area (Å²) in [5, 5.41) is 10.6. The lowest BCUT2D eigenvalue weighted by atomic mass is 10.1. The normalized spacial score (nSPS) is 9.15. The van der Waals surface area contributed by atoms with Gasteiger partial charge in [0, 0.05) is 88.1 Å². The molecule has 0 saturated carbocycles. The maximum atomic E-state index is 5.65. The second-order valence-electron chi connectivity index (χ2n) is 15.7. The Bertz CT molecular complexity index is 3080. The van der Waals surface area contributed by atoms with Gasteiger partial charge in [-0.1, -0.05) is 292 Å². The number of aryl methyl sites for hydroxylation is 3. The highest BCUT2D eigenvalue weighted by Gasteiger charge is 2.09. The van der Waals surface area contributed by atoms with Crippen LogP contribution in [0.15, 0.2) is 192 Å². The second kappa shape index (κ2) is 46.3. The molecule has 4 heteroatoms. The van der Waals surface area contributed by atoms with Gasteiger partial charge < -0.3 is 13.6 Å². The fraction of sp³-hybridized carbons (Fsp3) is 0.360. The minimum Gasteiger partial charge on any atom is -0.456 e. The lowest BCUT2D eigenvalue weighted by molar-refractivity contribution is 0.669. The molecule has 0 aliphatic rings. The van der Waals surface area contributed by atoms with Crippen molar-refractivity contribution >= 4 is 97.1 Å². The van der Waals surface area contributed by atoms with E-state index in [9.17, 15) is 0 Å². The molecule has 12 rings (SSSR count). The van der Waals surface area contributed by atoms with Crippen LogP contribution in [0.4, 0.5) is 0 Å². The average molecular weight is 1090 g/mol. The molecule has 0 saturated heterocycles. The second-order valence-corrected chi connectivity index (χ2v) is 16.7. The number of benzene rings is 8. The molecule has 79 heavy (non-hydrogen) atoms. The molecule has 0 bridgehead atoms. The Morgan fingerprint density at radius 1 is 0.316 bits per heavy atom. The van der Waals surface area contributed by atoms with E-state index < -0.39 is 0 Å². The fourth-order valence-electron chi connectivity index (χ4n) is 8.13. The van der Waals surface area contributed by atoms with E-state index in [0.29, 0.717) is 0 Å². The van der Waals surface area contributed by atoms with Crippen molar-refractivity contribution in [3.05, 3.63) is 194 Å². The number of furan rings is 1. The summed E-state index contributed by atoms with van der Waals surface area (Å²) in [5.74, 6) is 0. The number of fused-ring (bicyclic) bond motifs is 12. The highest BCUT2D eigenvalue weighted by atomic mass is 32.1. The number of para-hydroxylation sites is 5. The molecular weight excluding hydrogens is 977 g/mol. The van der Waals surface area contributed by atoms with Crippen molar-refractivity contribution in [3.63, 3.8) is 0 Å². The van der Waals surface area contributed by atoms with Gasteiger partial charge in [-0.05, 0) is 73.5 Å². The number of aromatic nitrogens is 2. The first-order valence-corrected chi connectivity index (χ1v) is 31.4. The van der Waals surface area contributed by atoms with E-state index in [1.165, 1.54) is 93.0 Å². The summed E-state index contributed by atoms with van der Waals surface area (Å²) in [6, 6.07) is 65.9. The van der Waals surface area contributed by atoms with Gasteiger partial charge in [0.25, 0.3) is 0 Å². The molecule has 0 aliphatic heterocycles. The Balaban J connectivity index is 0. The molecule has 0 fully saturated rings. The molecule has 4 heterocycles. The van der Waals surface area contributed by atoms with Crippen molar-refractivity contribution in [2.24, 2.45) is 7.05 Å². The van der Waals surface area contributed by atoms with Crippen molar-refractivity contribution in [1.82, 2.24) is 9.13 Å². The largest absolute Gasteiger partial charge is 0.456 e. The molecule has 0 amide bonds. The van der Waals surface area contributed by atoms with Crippen LogP contribution in [-0.4, -0.2) is 9.13 Å². The number of thiophene rings is 1. The highest BCUT2D eigenvalue weighted by molar-refractivity contribution is 7.25. The fourth-order valence-corrected chi connectivity index (χ4v) is 9.23. The smallest absolute Gasteiger partial charge is 0.135 e. The topological polar surface area (TPSA) is 23.0 Å². The SMILES string of the molecule is CC.CC.CC.CC.CC.CC.CC.CC.CCC.CCC.CCc1ccc2c(c1)c1ccccc1n2C.CCn1c2ccccc2c2ccccc21.c1ccc2c(c1)oc1ccccc12.c1ccc2c(c1)sc1ccccc12. The van der Waals surface area contributed by atoms with Gasteiger partial charge in [-0.3, -0.25) is 0 Å². The first-order valence-electron chi connectivity index (χ1n) is 30.6. The molecule has 12 aromatic rings. The van der Waals surface area contributed by atoms with Crippen LogP contribution in [0.3, 0.4) is 0 Å². The number of hydrogen-bond acceptors (Lipinski definition) is 2. The van der Waals surface area contributed by atoms with E-state index in [0.717, 1.165) is 24.1 Å². The highest BCUT2D eigenvalue weighted by Crippen LogP contribution is 2.34. The molecule has 0 spiro atoms. The van der Waals surface area contributed by atoms with Crippen LogP contribution < -0.4 is 0 Å². The zero-order valence-corrected chi connectivity index (χ0v) is 54.8. The number of nitrogens with zero attached hydrogens (tertiary/aromatic N) is 2. The van der Waals surface area contributed by atoms with Gasteiger partial charge in [0.05, 0.1) is 0 Å². The van der Waals surface area contributed by atoms with Crippen LogP contribution in [-0.2, 0) is 20.0 Å². The quantitative estimate of drug-likeness (QED) is 0.169. The van der Waals surface area contributed by atoms with Crippen LogP contribution in [0.5, 0.6) is 0 Å². The standard InChI is InChI=1S/C15H15N.C14H13N.C12H8O.C12H8S.2C3H8.8C2H6/c1-3-11-8-9-15-13(10-11)12-6-4-5-7-14(12)16(15)2;1-2-15-13-9-5-3-7-11(13)12-8-4-6-10-14(12)15;2*1-3-7-11-9(5-1)10-6-2-4-8-12(10)13-11;2*1-3-2;8*1-2/h4-10H,3H2,1-2H3;3-10H,2H2,1H3;2*1-8H;2*3H2,1-2H3;8*1-2H3. The monoisotopic (exact) mass is 1080 g/mol. The molecule has 0 radical (unpaired) electrons. The van der Waals surface area contributed by atoms with Gasteiger partial charge in [-0.15, -0.1) is 11.3 Å². The Morgan fingerprint density at radius 2 is 0.608 bits per heavy atom. The Labute approximate surface area is 486 Å². The van der Waals surface area contributed by atoms with Gasteiger partial charge in [-0.25, -0.2) is 0 Å². The van der Waals surface area contributed by atoms with Crippen molar-refractivity contribution in [1.29, 1.82) is 0 Å². The van der Waals surface area contributed by atoms with Gasteiger partial charge in [0.2, 0.25) is 0 Å². The van der Waals surface area contributed by atoms with Crippen molar-refractivity contribution < 1.29 is 4.42 Å². The predicted octanol–water partition coefficient (Wildman–Crippen LogP) is 26.4. The van der Waals surface area contributed by atoms with E-state index in [1.807, 2.05) is 159 Å². The maximum Gasteiger partial charge on any atom is 0.135 e. The number of rotatable bonds is 2. The minimum atomic E-state index is 0.962. The van der Waals surface area contributed by atoms with E-state index in [2.05, 4.69) is 209 Å². The van der Waals surface area contributed by atoms with E-state index in [-0.39, 0.29) is 0 Å². The third kappa shape index (κ3) is 21.2. The maximum absolute atomic E-state index is 5.65. The first kappa shape index (κ1) is 74.5. The average Bonchev–Trinajstić information content (AvgIpc) is 4.34. The Kier molecular flexibility index (Phi) is 43.6.